The molecule has 3 amide bonds. The van der Waals surface area contributed by atoms with E-state index in [9.17, 15) is 24.3 Å². The van der Waals surface area contributed by atoms with Gasteiger partial charge in [-0.3, -0.25) is 24.4 Å². The van der Waals surface area contributed by atoms with E-state index >= 15 is 0 Å². The van der Waals surface area contributed by atoms with E-state index in [1.165, 1.54) is 13.8 Å². The quantitative estimate of drug-likeness (QED) is 0.0632. The van der Waals surface area contributed by atoms with Gasteiger partial charge in [-0.05, 0) is 39.5 Å². The zero-order valence-corrected chi connectivity index (χ0v) is 18.9. The second kappa shape index (κ2) is 15.2. The highest BCUT2D eigenvalue weighted by molar-refractivity contribution is 5.93. The number of carboxylic acid groups (broad SMARTS) is 1. The second-order valence-corrected chi connectivity index (χ2v) is 7.38. The van der Waals surface area contributed by atoms with Gasteiger partial charge in [-0.1, -0.05) is 0 Å². The van der Waals surface area contributed by atoms with Crippen molar-refractivity contribution in [2.45, 2.75) is 63.7 Å². The minimum absolute atomic E-state index is 0.0629. The number of carboxylic acids is 1. The van der Waals surface area contributed by atoms with Gasteiger partial charge in [0, 0.05) is 13.1 Å². The first-order valence-electron chi connectivity index (χ1n) is 10.3. The molecule has 188 valence electrons. The van der Waals surface area contributed by atoms with Crippen LogP contribution in [0.25, 0.3) is 0 Å². The van der Waals surface area contributed by atoms with Gasteiger partial charge in [-0.15, -0.1) is 0 Å². The molecule has 0 rings (SSSR count). The number of aliphatic carboxylic acids is 1. The molecule has 0 aromatic rings. The monoisotopic (exact) mass is 472 g/mol. The number of nitrogens with zero attached hydrogens (tertiary/aromatic N) is 2. The van der Waals surface area contributed by atoms with Gasteiger partial charge in [0.1, 0.15) is 18.1 Å². The Hall–Kier alpha value is -3.62. The topological polar surface area (TPSA) is 279 Å². The Bertz CT molecular complexity index is 732. The fourth-order valence-electron chi connectivity index (χ4n) is 2.51. The Morgan fingerprint density at radius 1 is 0.758 bits per heavy atom. The molecule has 0 aliphatic rings. The molecule has 33 heavy (non-hydrogen) atoms. The zero-order chi connectivity index (χ0) is 25.6. The van der Waals surface area contributed by atoms with Crippen LogP contribution in [-0.4, -0.2) is 78.0 Å². The number of carbonyl (C=O) groups is 4. The molecule has 0 heterocycles. The van der Waals surface area contributed by atoms with Crippen LogP contribution in [-0.2, 0) is 19.2 Å². The molecule has 0 radical (unpaired) electrons. The zero-order valence-electron chi connectivity index (χ0n) is 18.9. The van der Waals surface area contributed by atoms with Crippen LogP contribution in [0.2, 0.25) is 0 Å². The van der Waals surface area contributed by atoms with Crippen LogP contribution >= 0.6 is 0 Å². The maximum Gasteiger partial charge on any atom is 0.326 e. The van der Waals surface area contributed by atoms with Crippen molar-refractivity contribution in [2.75, 3.05) is 13.1 Å². The van der Waals surface area contributed by atoms with Gasteiger partial charge in [0.2, 0.25) is 17.7 Å². The van der Waals surface area contributed by atoms with Gasteiger partial charge in [0.05, 0.1) is 6.04 Å². The largest absolute Gasteiger partial charge is 0.480 e. The maximum absolute atomic E-state index is 12.8. The number of nitrogens with one attached hydrogen (secondary N) is 3. The number of rotatable bonds is 15. The molecular formula is C18H36N10O5. The predicted octanol–water partition coefficient (Wildman–Crippen LogP) is -4.00. The molecule has 0 aliphatic carbocycles. The molecule has 0 spiro atoms. The lowest BCUT2D eigenvalue weighted by Crippen LogP contribution is -2.56. The van der Waals surface area contributed by atoms with E-state index in [1.807, 2.05) is 0 Å². The highest BCUT2D eigenvalue weighted by atomic mass is 16.4. The minimum atomic E-state index is -1.25. The average molecular weight is 473 g/mol. The van der Waals surface area contributed by atoms with E-state index in [-0.39, 0.29) is 37.9 Å². The van der Waals surface area contributed by atoms with Crippen molar-refractivity contribution < 1.29 is 24.3 Å². The highest BCUT2D eigenvalue weighted by Gasteiger charge is 2.28. The Morgan fingerprint density at radius 2 is 1.21 bits per heavy atom. The molecule has 0 saturated carbocycles. The minimum Gasteiger partial charge on any atom is -0.480 e. The van der Waals surface area contributed by atoms with Crippen LogP contribution in [0.5, 0.6) is 0 Å². The Labute approximate surface area is 192 Å². The van der Waals surface area contributed by atoms with E-state index in [2.05, 4.69) is 25.9 Å². The van der Waals surface area contributed by atoms with Crippen molar-refractivity contribution in [1.29, 1.82) is 0 Å². The molecule has 0 aromatic heterocycles. The first-order valence-corrected chi connectivity index (χ1v) is 10.3. The number of hydrogen-bond donors (Lipinski definition) is 9. The number of aliphatic imine (C=N–C) groups is 2. The molecule has 4 unspecified atom stereocenters. The molecule has 0 aliphatic heterocycles. The lowest BCUT2D eigenvalue weighted by atomic mass is 10.1. The summed E-state index contributed by atoms with van der Waals surface area (Å²) in [4.78, 5) is 56.1. The Morgan fingerprint density at radius 3 is 1.64 bits per heavy atom. The van der Waals surface area contributed by atoms with Crippen LogP contribution in [0.15, 0.2) is 9.98 Å². The molecule has 0 saturated heterocycles. The van der Waals surface area contributed by atoms with Gasteiger partial charge in [-0.2, -0.15) is 0 Å². The van der Waals surface area contributed by atoms with Crippen molar-refractivity contribution in [3.8, 4) is 0 Å². The third-order valence-corrected chi connectivity index (χ3v) is 4.30. The standard InChI is InChI=1S/C18H36N10O5/c1-9(19)13(29)26-10(2)14(30)27-11(5-3-7-24-17(20)21)15(31)28-12(16(32)33)6-4-8-25-18(22)23/h9-12H,3-8,19H2,1-2H3,(H,26,29)(H,27,30)(H,28,31)(H,32,33)(H4,20,21,24)(H4,22,23,25). The number of guanidine groups is 2. The SMILES string of the molecule is CC(N)C(=O)NC(C)C(=O)NC(CCCN=C(N)N)C(=O)NC(CCCN=C(N)N)C(=O)O. The fraction of sp³-hybridized carbons (Fsp3) is 0.667. The van der Waals surface area contributed by atoms with E-state index < -0.39 is 47.9 Å². The summed E-state index contributed by atoms with van der Waals surface area (Å²) in [6.07, 6.45) is 0.798. The summed E-state index contributed by atoms with van der Waals surface area (Å²) in [5.41, 5.74) is 26.5. The molecule has 0 aromatic carbocycles. The lowest BCUT2D eigenvalue weighted by molar-refractivity contribution is -0.142. The van der Waals surface area contributed by atoms with E-state index in [0.717, 1.165) is 0 Å². The smallest absolute Gasteiger partial charge is 0.326 e. The number of amides is 3. The van der Waals surface area contributed by atoms with Gasteiger partial charge in [0.25, 0.3) is 0 Å². The van der Waals surface area contributed by atoms with Crippen LogP contribution < -0.4 is 44.6 Å². The number of nitrogens with two attached hydrogens (primary N) is 5. The maximum atomic E-state index is 12.8. The highest BCUT2D eigenvalue weighted by Crippen LogP contribution is 2.04. The third kappa shape index (κ3) is 13.4. The van der Waals surface area contributed by atoms with Gasteiger partial charge in [-0.25, -0.2) is 4.79 Å². The normalized spacial score (nSPS) is 14.0. The first-order chi connectivity index (χ1) is 15.3. The second-order valence-electron chi connectivity index (χ2n) is 7.38. The van der Waals surface area contributed by atoms with Crippen molar-refractivity contribution in [2.24, 2.45) is 38.7 Å². The first kappa shape index (κ1) is 29.4. The van der Waals surface area contributed by atoms with E-state index in [1.54, 1.807) is 0 Å². The van der Waals surface area contributed by atoms with Crippen molar-refractivity contribution >= 4 is 35.6 Å². The molecule has 15 heteroatoms. The lowest BCUT2D eigenvalue weighted by Gasteiger charge is -2.23. The molecule has 15 nitrogen and oxygen atoms in total. The van der Waals surface area contributed by atoms with Gasteiger partial charge < -0.3 is 49.7 Å². The summed E-state index contributed by atoms with van der Waals surface area (Å²) in [6, 6.07) is -4.12. The third-order valence-electron chi connectivity index (χ3n) is 4.30. The summed E-state index contributed by atoms with van der Waals surface area (Å²) < 4.78 is 0. The summed E-state index contributed by atoms with van der Waals surface area (Å²) in [6.45, 7) is 3.27. The van der Waals surface area contributed by atoms with Crippen molar-refractivity contribution in [3.63, 3.8) is 0 Å². The van der Waals surface area contributed by atoms with E-state index in [4.69, 9.17) is 28.7 Å². The van der Waals surface area contributed by atoms with Crippen LogP contribution in [0.4, 0.5) is 0 Å². The molecule has 14 N–H and O–H groups in total. The summed E-state index contributed by atoms with van der Waals surface area (Å²) >= 11 is 0. The number of carbonyl (C=O) groups excluding carboxylic acids is 3. The fourth-order valence-corrected chi connectivity index (χ4v) is 2.51. The Balaban J connectivity index is 5.22. The molecule has 0 bridgehead atoms. The molecule has 0 fully saturated rings. The summed E-state index contributed by atoms with van der Waals surface area (Å²) in [5, 5.41) is 16.7. The molecular weight excluding hydrogens is 436 g/mol. The van der Waals surface area contributed by atoms with Gasteiger partial charge >= 0.3 is 5.97 Å². The predicted molar refractivity (Wildman–Crippen MR) is 123 cm³/mol. The van der Waals surface area contributed by atoms with Crippen LogP contribution in [0.3, 0.4) is 0 Å². The number of hydrogen-bond acceptors (Lipinski definition) is 7. The summed E-state index contributed by atoms with van der Waals surface area (Å²) in [7, 11) is 0. The van der Waals surface area contributed by atoms with Gasteiger partial charge in [0.15, 0.2) is 11.9 Å². The van der Waals surface area contributed by atoms with Crippen LogP contribution in [0.1, 0.15) is 39.5 Å². The van der Waals surface area contributed by atoms with Crippen LogP contribution in [0, 0.1) is 0 Å². The summed E-state index contributed by atoms with van der Waals surface area (Å²) in [5.74, 6) is -3.41. The Kier molecular flexibility index (Phi) is 13.6. The molecule has 4 atom stereocenters. The average Bonchev–Trinajstić information content (AvgIpc) is 2.71. The van der Waals surface area contributed by atoms with Crippen molar-refractivity contribution in [3.05, 3.63) is 0 Å². The van der Waals surface area contributed by atoms with Crippen molar-refractivity contribution in [1.82, 2.24) is 16.0 Å². The van der Waals surface area contributed by atoms with E-state index in [0.29, 0.717) is 12.8 Å².